The number of hydrogen-bond donors (Lipinski definition) is 1. The van der Waals surface area contributed by atoms with Crippen molar-refractivity contribution in [1.29, 1.82) is 0 Å². The zero-order valence-electron chi connectivity index (χ0n) is 9.75. The Kier molecular flexibility index (Phi) is 4.84. The smallest absolute Gasteiger partial charge is 0.328 e. The monoisotopic (exact) mass is 234 g/mol. The molecule has 0 amide bonds. The largest absolute Gasteiger partial charge is 0.467 e. The molecular weight excluding hydrogens is 220 g/mol. The molecule has 0 saturated carbocycles. The molecule has 1 aromatic carbocycles. The fourth-order valence-corrected chi connectivity index (χ4v) is 1.29. The summed E-state index contributed by atoms with van der Waals surface area (Å²) >= 11 is 0. The van der Waals surface area contributed by atoms with Gasteiger partial charge in [0.2, 0.25) is 0 Å². The van der Waals surface area contributed by atoms with Gasteiger partial charge in [0.15, 0.2) is 0 Å². The molecule has 0 bridgehead atoms. The van der Waals surface area contributed by atoms with E-state index in [9.17, 15) is 4.79 Å². The number of carbonyl (C=O) groups is 1. The van der Waals surface area contributed by atoms with Crippen molar-refractivity contribution < 1.29 is 9.53 Å². The zero-order chi connectivity index (χ0) is 12.7. The third kappa shape index (κ3) is 4.04. The number of hydrogen-bond acceptors (Lipinski definition) is 4. The molecule has 0 saturated heterocycles. The number of methoxy groups -OCH3 is 1. The molecule has 90 valence electrons. The van der Waals surface area contributed by atoms with Crippen LogP contribution in [0.4, 0.5) is 5.69 Å². The predicted octanol–water partition coefficient (Wildman–Crippen LogP) is 2.26. The number of anilines is 1. The van der Waals surface area contributed by atoms with Gasteiger partial charge in [-0.1, -0.05) is 22.8 Å². The number of aryl methyl sites for hydroxylation is 1. The molecule has 0 aliphatic heterocycles. The zero-order valence-corrected chi connectivity index (χ0v) is 9.75. The molecule has 6 heteroatoms. The summed E-state index contributed by atoms with van der Waals surface area (Å²) in [6.07, 6.45) is 0. The number of azide groups is 1. The van der Waals surface area contributed by atoms with Gasteiger partial charge in [-0.2, -0.15) is 0 Å². The number of ether oxygens (including phenoxy) is 1. The average Bonchev–Trinajstić information content (AvgIpc) is 2.36. The van der Waals surface area contributed by atoms with Crippen molar-refractivity contribution in [2.75, 3.05) is 19.0 Å². The van der Waals surface area contributed by atoms with Crippen LogP contribution in [0.2, 0.25) is 0 Å². The molecule has 0 heterocycles. The maximum absolute atomic E-state index is 11.4. The normalized spacial score (nSPS) is 11.2. The molecule has 0 aliphatic rings. The van der Waals surface area contributed by atoms with Crippen LogP contribution >= 0.6 is 0 Å². The van der Waals surface area contributed by atoms with Gasteiger partial charge < -0.3 is 10.1 Å². The molecule has 1 aromatic rings. The van der Waals surface area contributed by atoms with Crippen molar-refractivity contribution in [2.24, 2.45) is 5.11 Å². The first kappa shape index (κ1) is 12.9. The summed E-state index contributed by atoms with van der Waals surface area (Å²) in [4.78, 5) is 14.0. The van der Waals surface area contributed by atoms with Crippen LogP contribution < -0.4 is 5.32 Å². The lowest BCUT2D eigenvalue weighted by molar-refractivity contribution is -0.141. The summed E-state index contributed by atoms with van der Waals surface area (Å²) in [7, 11) is 1.29. The summed E-state index contributed by atoms with van der Waals surface area (Å²) in [5.41, 5.74) is 10.2. The fraction of sp³-hybridized carbons (Fsp3) is 0.364. The third-order valence-electron chi connectivity index (χ3n) is 2.21. The van der Waals surface area contributed by atoms with Crippen LogP contribution in [0.15, 0.2) is 29.4 Å². The molecule has 1 atom stereocenters. The molecule has 1 unspecified atom stereocenters. The van der Waals surface area contributed by atoms with Gasteiger partial charge in [-0.3, -0.25) is 0 Å². The Labute approximate surface area is 99.2 Å². The first-order chi connectivity index (χ1) is 8.17. The average molecular weight is 234 g/mol. The number of nitrogens with zero attached hydrogens (tertiary/aromatic N) is 3. The van der Waals surface area contributed by atoms with E-state index >= 15 is 0 Å². The first-order valence-electron chi connectivity index (χ1n) is 5.09. The van der Waals surface area contributed by atoms with Crippen molar-refractivity contribution in [1.82, 2.24) is 0 Å². The lowest BCUT2D eigenvalue weighted by Crippen LogP contribution is -2.33. The summed E-state index contributed by atoms with van der Waals surface area (Å²) in [5, 5.41) is 6.32. The van der Waals surface area contributed by atoms with E-state index in [1.54, 1.807) is 0 Å². The van der Waals surface area contributed by atoms with Gasteiger partial charge in [-0.05, 0) is 24.6 Å². The molecule has 0 aliphatic carbocycles. The van der Waals surface area contributed by atoms with E-state index in [0.717, 1.165) is 11.3 Å². The third-order valence-corrected chi connectivity index (χ3v) is 2.21. The minimum atomic E-state index is -0.668. The van der Waals surface area contributed by atoms with Gasteiger partial charge in [0.25, 0.3) is 0 Å². The lowest BCUT2D eigenvalue weighted by atomic mass is 10.2. The lowest BCUT2D eigenvalue weighted by Gasteiger charge is -2.15. The van der Waals surface area contributed by atoms with Crippen LogP contribution in [0.5, 0.6) is 0 Å². The van der Waals surface area contributed by atoms with Crippen molar-refractivity contribution in [3.8, 4) is 0 Å². The Bertz CT molecular complexity index is 424. The molecule has 1 rings (SSSR count). The Morgan fingerprint density at radius 1 is 1.53 bits per heavy atom. The van der Waals surface area contributed by atoms with Crippen LogP contribution in [0.25, 0.3) is 10.4 Å². The summed E-state index contributed by atoms with van der Waals surface area (Å²) in [6.45, 7) is 1.98. The minimum Gasteiger partial charge on any atom is -0.467 e. The van der Waals surface area contributed by atoms with Gasteiger partial charge >= 0.3 is 5.97 Å². The Morgan fingerprint density at radius 3 is 2.71 bits per heavy atom. The SMILES string of the molecule is COC(=O)C(CN=[N+]=[N-])Nc1ccc(C)cc1. The second-order valence-electron chi connectivity index (χ2n) is 3.50. The highest BCUT2D eigenvalue weighted by molar-refractivity contribution is 5.79. The van der Waals surface area contributed by atoms with E-state index in [4.69, 9.17) is 5.53 Å². The second kappa shape index (κ2) is 6.40. The van der Waals surface area contributed by atoms with Crippen LogP contribution in [-0.4, -0.2) is 25.7 Å². The number of esters is 1. The molecule has 0 fully saturated rings. The highest BCUT2D eigenvalue weighted by Crippen LogP contribution is 2.10. The van der Waals surface area contributed by atoms with Gasteiger partial charge in [0.05, 0.1) is 13.7 Å². The molecule has 0 aromatic heterocycles. The summed E-state index contributed by atoms with van der Waals surface area (Å²) in [5.74, 6) is -0.460. The van der Waals surface area contributed by atoms with E-state index in [0.29, 0.717) is 0 Å². The number of nitrogens with one attached hydrogen (secondary N) is 1. The Balaban J connectivity index is 2.74. The van der Waals surface area contributed by atoms with Crippen molar-refractivity contribution in [2.45, 2.75) is 13.0 Å². The second-order valence-corrected chi connectivity index (χ2v) is 3.50. The van der Waals surface area contributed by atoms with E-state index < -0.39 is 12.0 Å². The van der Waals surface area contributed by atoms with E-state index in [2.05, 4.69) is 20.1 Å². The van der Waals surface area contributed by atoms with Crippen molar-refractivity contribution in [3.63, 3.8) is 0 Å². The fourth-order valence-electron chi connectivity index (χ4n) is 1.29. The van der Waals surface area contributed by atoms with Gasteiger partial charge in [-0.25, -0.2) is 4.79 Å². The number of rotatable bonds is 5. The van der Waals surface area contributed by atoms with Gasteiger partial charge in [0, 0.05) is 10.6 Å². The molecular formula is C11H14N4O2. The van der Waals surface area contributed by atoms with Crippen LogP contribution in [-0.2, 0) is 9.53 Å². The molecule has 6 nitrogen and oxygen atoms in total. The van der Waals surface area contributed by atoms with E-state index in [1.165, 1.54) is 7.11 Å². The predicted molar refractivity (Wildman–Crippen MR) is 64.6 cm³/mol. The van der Waals surface area contributed by atoms with Crippen LogP contribution in [0, 0.1) is 6.92 Å². The standard InChI is InChI=1S/C11H14N4O2/c1-8-3-5-9(6-4-8)14-10(7-13-15-12)11(16)17-2/h3-6,10,14H,7H2,1-2H3. The molecule has 0 spiro atoms. The van der Waals surface area contributed by atoms with E-state index in [-0.39, 0.29) is 6.54 Å². The molecule has 0 radical (unpaired) electrons. The van der Waals surface area contributed by atoms with Crippen molar-refractivity contribution >= 4 is 11.7 Å². The van der Waals surface area contributed by atoms with Gasteiger partial charge in [0.1, 0.15) is 6.04 Å². The molecule has 17 heavy (non-hydrogen) atoms. The maximum atomic E-state index is 11.4. The Morgan fingerprint density at radius 2 is 2.18 bits per heavy atom. The van der Waals surface area contributed by atoms with Crippen LogP contribution in [0.1, 0.15) is 5.56 Å². The van der Waals surface area contributed by atoms with Crippen molar-refractivity contribution in [3.05, 3.63) is 40.3 Å². The molecule has 1 N–H and O–H groups in total. The highest BCUT2D eigenvalue weighted by Gasteiger charge is 2.17. The van der Waals surface area contributed by atoms with E-state index in [1.807, 2.05) is 31.2 Å². The number of benzene rings is 1. The summed E-state index contributed by atoms with van der Waals surface area (Å²) in [6, 6.07) is 6.87. The highest BCUT2D eigenvalue weighted by atomic mass is 16.5. The minimum absolute atomic E-state index is 0.0110. The topological polar surface area (TPSA) is 87.1 Å². The quantitative estimate of drug-likeness (QED) is 0.367. The Hall–Kier alpha value is -2.20. The maximum Gasteiger partial charge on any atom is 0.328 e. The summed E-state index contributed by atoms with van der Waals surface area (Å²) < 4.78 is 4.62. The first-order valence-corrected chi connectivity index (χ1v) is 5.09. The number of carbonyl (C=O) groups excluding carboxylic acids is 1. The van der Waals surface area contributed by atoms with Crippen LogP contribution in [0.3, 0.4) is 0 Å². The van der Waals surface area contributed by atoms with Gasteiger partial charge in [-0.15, -0.1) is 0 Å².